The van der Waals surface area contributed by atoms with Crippen LogP contribution in [0.3, 0.4) is 0 Å². The van der Waals surface area contributed by atoms with Crippen molar-refractivity contribution in [2.24, 2.45) is 7.05 Å². The molecule has 0 amide bonds. The first kappa shape index (κ1) is 17.2. The molecule has 0 fully saturated rings. The molecule has 0 spiro atoms. The second kappa shape index (κ2) is 5.93. The Hall–Kier alpha value is -2.18. The highest BCUT2D eigenvalue weighted by molar-refractivity contribution is 7.15. The van der Waals surface area contributed by atoms with Gasteiger partial charge in [-0.3, -0.25) is 0 Å². The quantitative estimate of drug-likeness (QED) is 0.684. The number of rotatable bonds is 2. The number of hydrogen-bond acceptors (Lipinski definition) is 4. The van der Waals surface area contributed by atoms with E-state index < -0.39 is 0 Å². The second-order valence-corrected chi connectivity index (χ2v) is 8.89. The molecule has 1 aliphatic rings. The molecule has 4 rings (SSSR count). The Balaban J connectivity index is 2.05. The summed E-state index contributed by atoms with van der Waals surface area (Å²) in [7, 11) is 1.80. The zero-order chi connectivity index (χ0) is 18.6. The zero-order valence-electron chi connectivity index (χ0n) is 14.7. The second-order valence-electron chi connectivity index (χ2n) is 7.24. The lowest BCUT2D eigenvalue weighted by molar-refractivity contribution is -0.691. The molecule has 134 valence electrons. The molecule has 3 heterocycles. The topological polar surface area (TPSA) is 59.0 Å². The van der Waals surface area contributed by atoms with E-state index in [2.05, 4.69) is 18.8 Å². The van der Waals surface area contributed by atoms with Gasteiger partial charge in [0.2, 0.25) is 0 Å². The molecule has 3 aromatic rings. The summed E-state index contributed by atoms with van der Waals surface area (Å²) < 4.78 is 3.99. The van der Waals surface area contributed by atoms with Crippen LogP contribution in [0.5, 0.6) is 5.88 Å². The number of thiazole rings is 1. The minimum absolute atomic E-state index is 0.0106. The molecule has 0 bridgehead atoms. The van der Waals surface area contributed by atoms with Gasteiger partial charge in [0.25, 0.3) is 11.7 Å². The normalized spacial score (nSPS) is 18.1. The van der Waals surface area contributed by atoms with E-state index in [-0.39, 0.29) is 22.9 Å². The van der Waals surface area contributed by atoms with E-state index in [1.807, 2.05) is 30.3 Å². The van der Waals surface area contributed by atoms with E-state index in [1.165, 1.54) is 11.3 Å². The predicted octanol–water partition coefficient (Wildman–Crippen LogP) is 3.43. The highest BCUT2D eigenvalue weighted by Crippen LogP contribution is 2.44. The molecular formula is C19H19ClN3O2S+. The number of halogens is 1. The van der Waals surface area contributed by atoms with Crippen molar-refractivity contribution in [1.82, 2.24) is 9.55 Å². The van der Waals surface area contributed by atoms with E-state index in [0.717, 1.165) is 17.1 Å². The average molecular weight is 389 g/mol. The van der Waals surface area contributed by atoms with Crippen LogP contribution in [-0.4, -0.2) is 14.7 Å². The summed E-state index contributed by atoms with van der Waals surface area (Å²) in [5.74, 6) is 0.790. The van der Waals surface area contributed by atoms with Crippen molar-refractivity contribution < 1.29 is 9.67 Å². The van der Waals surface area contributed by atoms with Gasteiger partial charge in [-0.05, 0) is 19.4 Å². The molecule has 0 radical (unpaired) electrons. The molecule has 1 unspecified atom stereocenters. The minimum atomic E-state index is -0.276. The number of aromatic hydroxyl groups is 1. The van der Waals surface area contributed by atoms with Crippen LogP contribution in [0.1, 0.15) is 37.0 Å². The van der Waals surface area contributed by atoms with Crippen molar-refractivity contribution in [1.29, 1.82) is 0 Å². The van der Waals surface area contributed by atoms with Crippen LogP contribution in [0.2, 0.25) is 4.47 Å². The zero-order valence-corrected chi connectivity index (χ0v) is 16.3. The lowest BCUT2D eigenvalue weighted by Gasteiger charge is -2.15. The first-order valence-corrected chi connectivity index (χ1v) is 9.55. The molecule has 0 saturated carbocycles. The lowest BCUT2D eigenvalue weighted by atomic mass is 9.88. The van der Waals surface area contributed by atoms with Crippen LogP contribution in [0.4, 0.5) is 0 Å². The third-order valence-corrected chi connectivity index (χ3v) is 6.24. The summed E-state index contributed by atoms with van der Waals surface area (Å²) in [4.78, 5) is 18.6. The Bertz CT molecular complexity index is 1060. The van der Waals surface area contributed by atoms with E-state index in [0.29, 0.717) is 15.6 Å². The molecule has 7 heteroatoms. The third-order valence-electron chi connectivity index (χ3n) is 5.03. The Morgan fingerprint density at radius 1 is 1.35 bits per heavy atom. The standard InChI is InChI=1S/C19H18ClN3O2S/c1-19(2)9-12(13-10-21-18(20)26-13)23-16(25)14(11-7-5-4-6-8-11)15(24)22(3)17(19)23/h4-8,10,12H,9H2,1-3H3/p+1. The molecule has 2 aromatic heterocycles. The van der Waals surface area contributed by atoms with Crippen molar-refractivity contribution in [3.63, 3.8) is 0 Å². The Morgan fingerprint density at radius 2 is 2.04 bits per heavy atom. The van der Waals surface area contributed by atoms with Gasteiger partial charge in [-0.15, -0.1) is 11.3 Å². The van der Waals surface area contributed by atoms with Crippen molar-refractivity contribution in [2.75, 3.05) is 0 Å². The maximum Gasteiger partial charge on any atom is 0.349 e. The number of nitrogens with zero attached hydrogens (tertiary/aromatic N) is 3. The summed E-state index contributed by atoms with van der Waals surface area (Å²) in [6.45, 7) is 4.17. The Morgan fingerprint density at radius 3 is 2.65 bits per heavy atom. The van der Waals surface area contributed by atoms with Gasteiger partial charge >= 0.3 is 5.56 Å². The molecule has 1 aromatic carbocycles. The van der Waals surface area contributed by atoms with Crippen LogP contribution in [0.15, 0.2) is 41.3 Å². The molecule has 1 N–H and O–H groups in total. The van der Waals surface area contributed by atoms with Gasteiger partial charge in [0.1, 0.15) is 6.04 Å². The summed E-state index contributed by atoms with van der Waals surface area (Å²) >= 11 is 7.43. The van der Waals surface area contributed by atoms with Crippen LogP contribution in [0.25, 0.3) is 11.1 Å². The van der Waals surface area contributed by atoms with Crippen molar-refractivity contribution >= 4 is 22.9 Å². The van der Waals surface area contributed by atoms with Gasteiger partial charge < -0.3 is 5.11 Å². The molecule has 1 atom stereocenters. The highest BCUT2D eigenvalue weighted by Gasteiger charge is 2.49. The molecule has 26 heavy (non-hydrogen) atoms. The van der Waals surface area contributed by atoms with Crippen molar-refractivity contribution in [3.8, 4) is 17.0 Å². The smallest absolute Gasteiger partial charge is 0.349 e. The van der Waals surface area contributed by atoms with Crippen LogP contribution < -0.4 is 10.1 Å². The Kier molecular flexibility index (Phi) is 3.93. The maximum atomic E-state index is 13.5. The fourth-order valence-corrected chi connectivity index (χ4v) is 5.03. The van der Waals surface area contributed by atoms with Crippen molar-refractivity contribution in [2.45, 2.75) is 31.7 Å². The fraction of sp³-hybridized carbons (Fsp3) is 0.316. The number of fused-ring (bicyclic) bond motifs is 1. The van der Waals surface area contributed by atoms with E-state index in [4.69, 9.17) is 11.6 Å². The van der Waals surface area contributed by atoms with E-state index >= 15 is 0 Å². The first-order valence-electron chi connectivity index (χ1n) is 8.36. The van der Waals surface area contributed by atoms with Crippen molar-refractivity contribution in [3.05, 3.63) is 62.1 Å². The highest BCUT2D eigenvalue weighted by atomic mass is 35.5. The number of hydrogen-bond donors (Lipinski definition) is 1. The summed E-state index contributed by atoms with van der Waals surface area (Å²) in [5.41, 5.74) is 0.547. The summed E-state index contributed by atoms with van der Waals surface area (Å²) in [6.07, 6.45) is 2.48. The largest absolute Gasteiger partial charge is 0.477 e. The van der Waals surface area contributed by atoms with Gasteiger partial charge in [0, 0.05) is 12.6 Å². The molecule has 5 nitrogen and oxygen atoms in total. The minimum Gasteiger partial charge on any atom is -0.477 e. The molecule has 0 aliphatic carbocycles. The molecule has 1 aliphatic heterocycles. The number of benzene rings is 1. The summed E-state index contributed by atoms with van der Waals surface area (Å²) in [6, 6.07) is 9.13. The van der Waals surface area contributed by atoms with Gasteiger partial charge in [-0.2, -0.15) is 4.57 Å². The van der Waals surface area contributed by atoms with Gasteiger partial charge in [0.15, 0.2) is 10.0 Å². The van der Waals surface area contributed by atoms with Gasteiger partial charge in [0.05, 0.1) is 17.3 Å². The number of aromatic nitrogens is 3. The Labute approximate surface area is 160 Å². The first-order chi connectivity index (χ1) is 12.3. The van der Waals surface area contributed by atoms with Crippen LogP contribution >= 0.6 is 22.9 Å². The molecule has 0 saturated heterocycles. The maximum absolute atomic E-state index is 13.5. The third kappa shape index (κ3) is 2.47. The van der Waals surface area contributed by atoms with Gasteiger partial charge in [-0.25, -0.2) is 14.3 Å². The predicted molar refractivity (Wildman–Crippen MR) is 102 cm³/mol. The fourth-order valence-electron chi connectivity index (χ4n) is 3.98. The van der Waals surface area contributed by atoms with Gasteiger partial charge in [-0.1, -0.05) is 41.9 Å². The van der Waals surface area contributed by atoms with E-state index in [1.54, 1.807) is 22.4 Å². The monoisotopic (exact) mass is 388 g/mol. The SMILES string of the molecule is C[n+]1c(O)c(-c2ccccc2)c(=O)n2c1C(C)(C)CC2c1cnc(Cl)s1. The van der Waals surface area contributed by atoms with Crippen LogP contribution in [0, 0.1) is 0 Å². The van der Waals surface area contributed by atoms with E-state index in [9.17, 15) is 9.90 Å². The summed E-state index contributed by atoms with van der Waals surface area (Å²) in [5, 5.41) is 10.8. The average Bonchev–Trinajstić information content (AvgIpc) is 3.14. The molecular weight excluding hydrogens is 370 g/mol. The lowest BCUT2D eigenvalue weighted by Crippen LogP contribution is -2.46. The van der Waals surface area contributed by atoms with Crippen LogP contribution in [-0.2, 0) is 12.5 Å².